The van der Waals surface area contributed by atoms with Crippen LogP contribution in [0, 0.1) is 0 Å². The monoisotopic (exact) mass is 322 g/mol. The number of nitrogens with two attached hydrogens (primary N) is 1. The fourth-order valence-corrected chi connectivity index (χ4v) is 2.16. The van der Waals surface area contributed by atoms with Gasteiger partial charge in [0, 0.05) is 18.3 Å². The lowest BCUT2D eigenvalue weighted by Crippen LogP contribution is -2.11. The highest BCUT2D eigenvalue weighted by atomic mass is 35.5. The van der Waals surface area contributed by atoms with E-state index in [0.717, 1.165) is 49.2 Å². The summed E-state index contributed by atoms with van der Waals surface area (Å²) in [7, 11) is 0. The molecule has 120 valence electrons. The highest BCUT2D eigenvalue weighted by molar-refractivity contribution is 5.90. The summed E-state index contributed by atoms with van der Waals surface area (Å²) in [5.41, 5.74) is 8.27. The molecule has 22 heavy (non-hydrogen) atoms. The fraction of sp³-hybridized carbons (Fsp3) is 0.375. The van der Waals surface area contributed by atoms with Crippen molar-refractivity contribution in [3.05, 3.63) is 36.5 Å². The van der Waals surface area contributed by atoms with Crippen molar-refractivity contribution in [3.63, 3.8) is 0 Å². The Morgan fingerprint density at radius 3 is 2.45 bits per heavy atom. The van der Waals surface area contributed by atoms with E-state index >= 15 is 0 Å². The summed E-state index contributed by atoms with van der Waals surface area (Å²) >= 11 is 0. The number of aromatic amines is 1. The molecule has 0 unspecified atom stereocenters. The molecule has 0 aliphatic rings. The molecule has 0 bridgehead atoms. The minimum absolute atomic E-state index is 0. The Labute approximate surface area is 137 Å². The summed E-state index contributed by atoms with van der Waals surface area (Å²) in [5.74, 6) is 0.0667. The molecule has 0 aliphatic heterocycles. The highest BCUT2D eigenvalue weighted by Gasteiger charge is 2.03. The number of hydrogen-bond acceptors (Lipinski definition) is 3. The number of anilines is 1. The third-order valence-corrected chi connectivity index (χ3v) is 3.34. The maximum absolute atomic E-state index is 11.8. The molecule has 0 aliphatic carbocycles. The smallest absolute Gasteiger partial charge is 0.224 e. The Morgan fingerprint density at radius 2 is 1.82 bits per heavy atom. The number of carbonyl (C=O) groups is 1. The zero-order valence-electron chi connectivity index (χ0n) is 12.5. The molecule has 1 aromatic heterocycles. The first-order valence-electron chi connectivity index (χ1n) is 7.39. The molecular formula is C16H23ClN4O. The first kappa shape index (κ1) is 18.2. The number of nitrogens with zero attached hydrogens (tertiary/aromatic N) is 1. The van der Waals surface area contributed by atoms with Crippen molar-refractivity contribution in [1.82, 2.24) is 10.2 Å². The lowest BCUT2D eigenvalue weighted by atomic mass is 10.1. The van der Waals surface area contributed by atoms with Gasteiger partial charge in [-0.3, -0.25) is 9.89 Å². The van der Waals surface area contributed by atoms with Gasteiger partial charge in [-0.05, 0) is 43.1 Å². The lowest BCUT2D eigenvalue weighted by Gasteiger charge is -2.06. The molecule has 2 rings (SSSR count). The van der Waals surface area contributed by atoms with Crippen LogP contribution in [0.1, 0.15) is 32.1 Å². The minimum Gasteiger partial charge on any atom is -0.330 e. The fourth-order valence-electron chi connectivity index (χ4n) is 2.16. The number of rotatable bonds is 8. The van der Waals surface area contributed by atoms with Crippen LogP contribution in [-0.4, -0.2) is 22.6 Å². The number of hydrogen-bond donors (Lipinski definition) is 3. The molecule has 0 radical (unpaired) electrons. The Balaban J connectivity index is 0.00000242. The number of benzene rings is 1. The van der Waals surface area contributed by atoms with Crippen molar-refractivity contribution in [3.8, 4) is 11.3 Å². The van der Waals surface area contributed by atoms with Crippen LogP contribution in [0.2, 0.25) is 0 Å². The number of unbranched alkanes of at least 4 members (excludes halogenated alkanes) is 3. The number of H-pyrrole nitrogens is 1. The van der Waals surface area contributed by atoms with Crippen LogP contribution in [0.5, 0.6) is 0 Å². The van der Waals surface area contributed by atoms with E-state index in [9.17, 15) is 4.79 Å². The van der Waals surface area contributed by atoms with Crippen molar-refractivity contribution < 1.29 is 4.79 Å². The zero-order valence-corrected chi connectivity index (χ0v) is 13.4. The highest BCUT2D eigenvalue weighted by Crippen LogP contribution is 2.19. The molecule has 1 heterocycles. The molecule has 0 fully saturated rings. The van der Waals surface area contributed by atoms with Gasteiger partial charge >= 0.3 is 0 Å². The van der Waals surface area contributed by atoms with Crippen molar-refractivity contribution in [2.24, 2.45) is 5.73 Å². The molecule has 5 nitrogen and oxygen atoms in total. The predicted molar refractivity (Wildman–Crippen MR) is 92.0 cm³/mol. The van der Waals surface area contributed by atoms with E-state index in [-0.39, 0.29) is 18.3 Å². The second-order valence-corrected chi connectivity index (χ2v) is 5.05. The summed E-state index contributed by atoms with van der Waals surface area (Å²) in [6.45, 7) is 0.731. The van der Waals surface area contributed by atoms with E-state index < -0.39 is 0 Å². The molecular weight excluding hydrogens is 300 g/mol. The summed E-state index contributed by atoms with van der Waals surface area (Å²) in [6, 6.07) is 9.65. The van der Waals surface area contributed by atoms with Crippen LogP contribution >= 0.6 is 12.4 Å². The van der Waals surface area contributed by atoms with Gasteiger partial charge in [-0.1, -0.05) is 25.0 Å². The summed E-state index contributed by atoms with van der Waals surface area (Å²) in [4.78, 5) is 11.8. The first-order valence-corrected chi connectivity index (χ1v) is 7.39. The van der Waals surface area contributed by atoms with Crippen molar-refractivity contribution in [1.29, 1.82) is 0 Å². The van der Waals surface area contributed by atoms with Gasteiger partial charge in [0.25, 0.3) is 0 Å². The molecule has 0 spiro atoms. The van der Waals surface area contributed by atoms with Crippen LogP contribution in [0.15, 0.2) is 36.5 Å². The maximum Gasteiger partial charge on any atom is 0.224 e. The summed E-state index contributed by atoms with van der Waals surface area (Å²) in [6.07, 6.45) is 6.39. The first-order chi connectivity index (χ1) is 10.3. The normalized spacial score (nSPS) is 10.0. The Kier molecular flexibility index (Phi) is 8.25. The van der Waals surface area contributed by atoms with Crippen molar-refractivity contribution >= 4 is 24.0 Å². The van der Waals surface area contributed by atoms with Gasteiger partial charge in [0.15, 0.2) is 0 Å². The van der Waals surface area contributed by atoms with Crippen LogP contribution in [0.3, 0.4) is 0 Å². The molecule has 0 saturated carbocycles. The number of halogens is 1. The van der Waals surface area contributed by atoms with Gasteiger partial charge < -0.3 is 11.1 Å². The number of aromatic nitrogens is 2. The van der Waals surface area contributed by atoms with Gasteiger partial charge in [-0.2, -0.15) is 5.10 Å². The van der Waals surface area contributed by atoms with Crippen LogP contribution in [0.25, 0.3) is 11.3 Å². The molecule has 4 N–H and O–H groups in total. The molecule has 1 amide bonds. The maximum atomic E-state index is 11.8. The van der Waals surface area contributed by atoms with Crippen LogP contribution in [-0.2, 0) is 4.79 Å². The number of amides is 1. The van der Waals surface area contributed by atoms with E-state index in [4.69, 9.17) is 5.73 Å². The third-order valence-electron chi connectivity index (χ3n) is 3.34. The Bertz CT molecular complexity index is 540. The topological polar surface area (TPSA) is 83.8 Å². The Hall–Kier alpha value is -1.85. The summed E-state index contributed by atoms with van der Waals surface area (Å²) in [5, 5.41) is 9.75. The standard InChI is InChI=1S/C16H22N4O.ClH/c17-11-4-2-1-3-5-16(21)19-14-8-6-13(7-9-14)15-10-12-18-20-15;/h6-10,12H,1-5,11,17H2,(H,18,20)(H,19,21);1H. The zero-order chi connectivity index (χ0) is 14.9. The molecule has 0 saturated heterocycles. The lowest BCUT2D eigenvalue weighted by molar-refractivity contribution is -0.116. The quantitative estimate of drug-likeness (QED) is 0.652. The third kappa shape index (κ3) is 5.87. The van der Waals surface area contributed by atoms with Crippen molar-refractivity contribution in [2.75, 3.05) is 11.9 Å². The van der Waals surface area contributed by atoms with E-state index in [2.05, 4.69) is 15.5 Å². The largest absolute Gasteiger partial charge is 0.330 e. The van der Waals surface area contributed by atoms with E-state index in [0.29, 0.717) is 6.42 Å². The average molecular weight is 323 g/mol. The molecule has 1 aromatic carbocycles. The SMILES string of the molecule is Cl.NCCCCCCC(=O)Nc1ccc(-c2ccn[nH]2)cc1. The van der Waals surface area contributed by atoms with E-state index in [1.54, 1.807) is 6.20 Å². The second-order valence-electron chi connectivity index (χ2n) is 5.05. The minimum atomic E-state index is 0. The predicted octanol–water partition coefficient (Wildman–Crippen LogP) is 3.35. The van der Waals surface area contributed by atoms with Crippen LogP contribution < -0.4 is 11.1 Å². The molecule has 6 heteroatoms. The van der Waals surface area contributed by atoms with Gasteiger partial charge in [0.2, 0.25) is 5.91 Å². The van der Waals surface area contributed by atoms with E-state index in [1.807, 2.05) is 30.3 Å². The van der Waals surface area contributed by atoms with Gasteiger partial charge in [-0.25, -0.2) is 0 Å². The Morgan fingerprint density at radius 1 is 1.09 bits per heavy atom. The van der Waals surface area contributed by atoms with Gasteiger partial charge in [0.1, 0.15) is 0 Å². The van der Waals surface area contributed by atoms with Gasteiger partial charge in [0.05, 0.1) is 5.69 Å². The molecule has 2 aromatic rings. The van der Waals surface area contributed by atoms with E-state index in [1.165, 1.54) is 0 Å². The number of carbonyl (C=O) groups excluding carboxylic acids is 1. The number of nitrogens with one attached hydrogen (secondary N) is 2. The van der Waals surface area contributed by atoms with Crippen LogP contribution in [0.4, 0.5) is 5.69 Å². The van der Waals surface area contributed by atoms with Gasteiger partial charge in [-0.15, -0.1) is 12.4 Å². The summed E-state index contributed by atoms with van der Waals surface area (Å²) < 4.78 is 0. The molecule has 0 atom stereocenters. The second kappa shape index (κ2) is 9.97. The average Bonchev–Trinajstić information content (AvgIpc) is 3.02. The van der Waals surface area contributed by atoms with Crippen molar-refractivity contribution in [2.45, 2.75) is 32.1 Å².